The Hall–Kier alpha value is -0.870. The second-order valence-corrected chi connectivity index (χ2v) is 6.12. The van der Waals surface area contributed by atoms with Crippen molar-refractivity contribution in [3.63, 3.8) is 0 Å². The summed E-state index contributed by atoms with van der Waals surface area (Å²) in [5.41, 5.74) is 0. The second-order valence-electron chi connectivity index (χ2n) is 3.97. The van der Waals surface area contributed by atoms with E-state index in [0.717, 1.165) is 0 Å². The van der Waals surface area contributed by atoms with Gasteiger partial charge in [-0.1, -0.05) is 32.0 Å². The van der Waals surface area contributed by atoms with Crippen LogP contribution in [-0.2, 0) is 9.73 Å². The first kappa shape index (κ1) is 12.2. The molecule has 15 heavy (non-hydrogen) atoms. The maximum absolute atomic E-state index is 12.0. The third-order valence-corrected chi connectivity index (χ3v) is 4.14. The predicted octanol–water partition coefficient (Wildman–Crippen LogP) is 2.11. The van der Waals surface area contributed by atoms with Gasteiger partial charge in [-0.05, 0) is 18.1 Å². The maximum Gasteiger partial charge on any atom is 0.0751 e. The molecule has 0 aliphatic rings. The van der Waals surface area contributed by atoms with Crippen molar-refractivity contribution in [2.24, 2.45) is 5.92 Å². The van der Waals surface area contributed by atoms with Crippen molar-refractivity contribution in [1.82, 2.24) is 0 Å². The highest BCUT2D eigenvalue weighted by Crippen LogP contribution is 2.14. The Morgan fingerprint density at radius 2 is 1.87 bits per heavy atom. The zero-order valence-electron chi connectivity index (χ0n) is 9.01. The van der Waals surface area contributed by atoms with Gasteiger partial charge in [0.2, 0.25) is 0 Å². The number of hydrogen-bond acceptors (Lipinski definition) is 3. The van der Waals surface area contributed by atoms with Crippen LogP contribution in [0.1, 0.15) is 13.8 Å². The van der Waals surface area contributed by atoms with Crippen LogP contribution < -0.4 is 0 Å². The lowest BCUT2D eigenvalue weighted by Crippen LogP contribution is -2.25. The first-order chi connectivity index (χ1) is 6.93. The third kappa shape index (κ3) is 3.32. The van der Waals surface area contributed by atoms with Crippen molar-refractivity contribution in [1.29, 1.82) is 4.78 Å². The van der Waals surface area contributed by atoms with Crippen LogP contribution in [0.5, 0.6) is 0 Å². The molecule has 0 spiro atoms. The molecule has 2 N–H and O–H groups in total. The smallest absolute Gasteiger partial charge is 0.0751 e. The molecule has 1 aromatic rings. The van der Waals surface area contributed by atoms with Gasteiger partial charge >= 0.3 is 0 Å². The van der Waals surface area contributed by atoms with E-state index in [4.69, 9.17) is 4.78 Å². The summed E-state index contributed by atoms with van der Waals surface area (Å²) < 4.78 is 19.8. The van der Waals surface area contributed by atoms with E-state index in [9.17, 15) is 9.32 Å². The Morgan fingerprint density at radius 1 is 1.33 bits per heavy atom. The minimum atomic E-state index is -2.85. The molecule has 84 valence electrons. The average Bonchev–Trinajstić information content (AvgIpc) is 2.18. The lowest BCUT2D eigenvalue weighted by atomic mass is 10.1. The molecule has 0 aromatic heterocycles. The van der Waals surface area contributed by atoms with E-state index in [2.05, 4.69) is 0 Å². The molecule has 1 aromatic carbocycles. The largest absolute Gasteiger partial charge is 0.392 e. The summed E-state index contributed by atoms with van der Waals surface area (Å²) in [5.74, 6) is 0.0363. The molecule has 0 unspecified atom stereocenters. The molecule has 0 aliphatic heterocycles. The fraction of sp³-hybridized carbons (Fsp3) is 0.455. The highest BCUT2D eigenvalue weighted by Gasteiger charge is 2.18. The molecule has 3 nitrogen and oxygen atoms in total. The second kappa shape index (κ2) is 4.77. The van der Waals surface area contributed by atoms with Gasteiger partial charge in [0.1, 0.15) is 0 Å². The van der Waals surface area contributed by atoms with E-state index in [1.54, 1.807) is 24.3 Å². The monoisotopic (exact) mass is 227 g/mol. The third-order valence-electron chi connectivity index (χ3n) is 2.30. The molecular formula is C11H17NO2S. The number of benzene rings is 1. The molecule has 0 amide bonds. The first-order valence-corrected chi connectivity index (χ1v) is 6.66. The maximum atomic E-state index is 12.0. The number of aliphatic hydroxyl groups excluding tert-OH is 1. The number of rotatable bonds is 4. The van der Waals surface area contributed by atoms with Crippen LogP contribution in [0.4, 0.5) is 0 Å². The van der Waals surface area contributed by atoms with Crippen molar-refractivity contribution in [3.8, 4) is 0 Å². The summed E-state index contributed by atoms with van der Waals surface area (Å²) in [6, 6.07) is 8.67. The van der Waals surface area contributed by atoms with Crippen LogP contribution in [0, 0.1) is 10.7 Å². The van der Waals surface area contributed by atoms with Gasteiger partial charge in [-0.25, -0.2) is 8.99 Å². The summed E-state index contributed by atoms with van der Waals surface area (Å²) in [6.07, 6.45) is -0.685. The fourth-order valence-corrected chi connectivity index (χ4v) is 2.82. The predicted molar refractivity (Wildman–Crippen MR) is 61.3 cm³/mol. The van der Waals surface area contributed by atoms with Gasteiger partial charge in [-0.15, -0.1) is 0 Å². The van der Waals surface area contributed by atoms with E-state index in [0.29, 0.717) is 4.90 Å². The van der Waals surface area contributed by atoms with Crippen LogP contribution in [0.2, 0.25) is 0 Å². The Bertz CT molecular complexity index is 398. The SMILES string of the molecule is CC(C)[C@H](O)C[S@@](=N)(=O)c1ccccc1. The molecule has 4 heteroatoms. The zero-order chi connectivity index (χ0) is 11.5. The van der Waals surface area contributed by atoms with Crippen LogP contribution in [0.25, 0.3) is 0 Å². The van der Waals surface area contributed by atoms with Crippen molar-refractivity contribution in [2.75, 3.05) is 5.75 Å². The van der Waals surface area contributed by atoms with Crippen LogP contribution >= 0.6 is 0 Å². The Kier molecular flexibility index (Phi) is 3.88. The minimum Gasteiger partial charge on any atom is -0.392 e. The molecule has 0 fully saturated rings. The van der Waals surface area contributed by atoms with E-state index >= 15 is 0 Å². The van der Waals surface area contributed by atoms with Crippen molar-refractivity contribution >= 4 is 9.73 Å². The van der Waals surface area contributed by atoms with Gasteiger partial charge in [0.25, 0.3) is 0 Å². The lowest BCUT2D eigenvalue weighted by Gasteiger charge is -2.16. The lowest BCUT2D eigenvalue weighted by molar-refractivity contribution is 0.147. The topological polar surface area (TPSA) is 61.1 Å². The summed E-state index contributed by atoms with van der Waals surface area (Å²) in [6.45, 7) is 3.70. The molecule has 0 heterocycles. The normalized spacial score (nSPS) is 17.3. The van der Waals surface area contributed by atoms with E-state index in [1.807, 2.05) is 19.9 Å². The highest BCUT2D eigenvalue weighted by molar-refractivity contribution is 7.92. The molecule has 0 saturated heterocycles. The van der Waals surface area contributed by atoms with E-state index < -0.39 is 15.8 Å². The van der Waals surface area contributed by atoms with Gasteiger partial charge < -0.3 is 5.11 Å². The standard InChI is InChI=1S/C11H17NO2S/c1-9(2)11(13)8-15(12,14)10-6-4-3-5-7-10/h3-7,9,11-13H,8H2,1-2H3/t11-,15-/m1/s1. The van der Waals surface area contributed by atoms with Crippen molar-refractivity contribution in [3.05, 3.63) is 30.3 Å². The Morgan fingerprint density at radius 3 is 2.33 bits per heavy atom. The highest BCUT2D eigenvalue weighted by atomic mass is 32.2. The summed E-state index contributed by atoms with van der Waals surface area (Å²) in [5, 5.41) is 9.62. The van der Waals surface area contributed by atoms with Gasteiger partial charge in [0, 0.05) is 4.90 Å². The van der Waals surface area contributed by atoms with Crippen LogP contribution in [-0.4, -0.2) is 21.2 Å². The zero-order valence-corrected chi connectivity index (χ0v) is 9.83. The van der Waals surface area contributed by atoms with Gasteiger partial charge in [0.05, 0.1) is 21.6 Å². The van der Waals surface area contributed by atoms with Crippen molar-refractivity contribution in [2.45, 2.75) is 24.8 Å². The average molecular weight is 227 g/mol. The van der Waals surface area contributed by atoms with Crippen molar-refractivity contribution < 1.29 is 9.32 Å². The quantitative estimate of drug-likeness (QED) is 0.827. The van der Waals surface area contributed by atoms with Gasteiger partial charge in [0.15, 0.2) is 0 Å². The Balaban J connectivity index is 2.86. The summed E-state index contributed by atoms with van der Waals surface area (Å²) in [7, 11) is -2.85. The van der Waals surface area contributed by atoms with E-state index in [-0.39, 0.29) is 11.7 Å². The molecule has 2 atom stereocenters. The fourth-order valence-electron chi connectivity index (χ4n) is 1.17. The number of aliphatic hydroxyl groups is 1. The molecule has 0 radical (unpaired) electrons. The summed E-state index contributed by atoms with van der Waals surface area (Å²) in [4.78, 5) is 0.490. The van der Waals surface area contributed by atoms with Crippen LogP contribution in [0.15, 0.2) is 35.2 Å². The molecule has 0 bridgehead atoms. The minimum absolute atomic E-state index is 0.00861. The molecule has 0 aliphatic carbocycles. The summed E-state index contributed by atoms with van der Waals surface area (Å²) >= 11 is 0. The molecule has 0 saturated carbocycles. The Labute approximate surface area is 91.1 Å². The first-order valence-electron chi connectivity index (χ1n) is 4.93. The molecule has 1 rings (SSSR count). The number of hydrogen-bond donors (Lipinski definition) is 2. The van der Waals surface area contributed by atoms with Gasteiger partial charge in [-0.3, -0.25) is 0 Å². The van der Waals surface area contributed by atoms with Crippen LogP contribution in [0.3, 0.4) is 0 Å². The van der Waals surface area contributed by atoms with Gasteiger partial charge in [-0.2, -0.15) is 0 Å². The number of nitrogens with one attached hydrogen (secondary N) is 1. The molecular weight excluding hydrogens is 210 g/mol. The van der Waals surface area contributed by atoms with E-state index in [1.165, 1.54) is 0 Å².